The molecular formula is C24H39N3O4S. The first kappa shape index (κ1) is 26.6. The van der Waals surface area contributed by atoms with Crippen LogP contribution in [0.3, 0.4) is 0 Å². The molecule has 0 aliphatic carbocycles. The molecule has 180 valence electrons. The van der Waals surface area contributed by atoms with E-state index >= 15 is 0 Å². The molecule has 0 saturated carbocycles. The molecule has 1 amide bonds. The molecule has 0 bridgehead atoms. The van der Waals surface area contributed by atoms with Gasteiger partial charge in [-0.2, -0.15) is 0 Å². The van der Waals surface area contributed by atoms with E-state index in [1.807, 2.05) is 47.6 Å². The maximum Gasteiger partial charge on any atom is 0.416 e. The van der Waals surface area contributed by atoms with Crippen molar-refractivity contribution in [3.8, 4) is 0 Å². The molecule has 1 unspecified atom stereocenters. The Morgan fingerprint density at radius 2 is 1.94 bits per heavy atom. The van der Waals surface area contributed by atoms with Crippen molar-refractivity contribution < 1.29 is 18.8 Å². The molecule has 0 aromatic carbocycles. The molecule has 2 heterocycles. The fourth-order valence-corrected chi connectivity index (χ4v) is 3.68. The highest BCUT2D eigenvalue weighted by molar-refractivity contribution is 7.91. The molecule has 0 N–H and O–H groups in total. The van der Waals surface area contributed by atoms with E-state index in [1.54, 1.807) is 11.1 Å². The van der Waals surface area contributed by atoms with Crippen LogP contribution >= 0.6 is 0 Å². The van der Waals surface area contributed by atoms with Crippen LogP contribution in [0.25, 0.3) is 0 Å². The number of aromatic nitrogens is 1. The Bertz CT molecular complexity index is 771. The summed E-state index contributed by atoms with van der Waals surface area (Å²) >= 11 is -1.19. The number of anilines is 1. The van der Waals surface area contributed by atoms with Gasteiger partial charge in [0.25, 0.3) is 0 Å². The zero-order valence-electron chi connectivity index (χ0n) is 20.5. The van der Waals surface area contributed by atoms with Crippen LogP contribution in [0.5, 0.6) is 0 Å². The first-order valence-electron chi connectivity index (χ1n) is 11.5. The lowest BCUT2D eigenvalue weighted by Gasteiger charge is -2.31. The van der Waals surface area contributed by atoms with E-state index in [0.717, 1.165) is 55.6 Å². The first-order valence-corrected chi connectivity index (χ1v) is 12.6. The second kappa shape index (κ2) is 12.0. The van der Waals surface area contributed by atoms with Crippen molar-refractivity contribution in [1.82, 2.24) is 4.98 Å². The quantitative estimate of drug-likeness (QED) is 0.290. The average Bonchev–Trinajstić information content (AvgIpc) is 2.69. The van der Waals surface area contributed by atoms with E-state index in [2.05, 4.69) is 10.5 Å². The standard InChI is InChI=1S/C24H39N3O4S/c1-23(2,3)31-22(28)27-16-9-11-19-13-14-20(26-21(19)27)12-10-18-30-17-8-7-15-25-32(29)24(4,5)6/h13-15H,7-12,16-18H2,1-6H3. The maximum atomic E-state index is 12.6. The summed E-state index contributed by atoms with van der Waals surface area (Å²) in [7, 11) is 0. The predicted molar refractivity (Wildman–Crippen MR) is 131 cm³/mol. The number of fused-ring (bicyclic) bond motifs is 1. The number of nitrogens with zero attached hydrogens (tertiary/aromatic N) is 3. The lowest BCUT2D eigenvalue weighted by atomic mass is 10.0. The summed E-state index contributed by atoms with van der Waals surface area (Å²) in [5.74, 6) is 0.732. The number of amides is 1. The van der Waals surface area contributed by atoms with Gasteiger partial charge in [-0.05, 0) is 91.7 Å². The molecule has 1 aliphatic rings. The van der Waals surface area contributed by atoms with Crippen LogP contribution in [0.15, 0.2) is 16.5 Å². The predicted octanol–water partition coefficient (Wildman–Crippen LogP) is 5.03. The van der Waals surface area contributed by atoms with Crippen LogP contribution in [0.2, 0.25) is 0 Å². The van der Waals surface area contributed by atoms with E-state index in [-0.39, 0.29) is 10.8 Å². The molecule has 0 spiro atoms. The third-order valence-corrected chi connectivity index (χ3v) is 6.14. The SMILES string of the molecule is CC(C)(C)OC(=O)N1CCCc2ccc(CCCOCCCC=N[S+]([O-])C(C)(C)C)nc21. The van der Waals surface area contributed by atoms with Gasteiger partial charge >= 0.3 is 6.09 Å². The molecule has 0 fully saturated rings. The van der Waals surface area contributed by atoms with E-state index in [9.17, 15) is 9.35 Å². The van der Waals surface area contributed by atoms with Crippen molar-refractivity contribution in [2.45, 2.75) is 90.4 Å². The van der Waals surface area contributed by atoms with Gasteiger partial charge in [-0.25, -0.2) is 9.78 Å². The second-order valence-corrected chi connectivity index (χ2v) is 12.0. The van der Waals surface area contributed by atoms with E-state index in [1.165, 1.54) is 0 Å². The number of hydrogen-bond acceptors (Lipinski definition) is 6. The highest BCUT2D eigenvalue weighted by atomic mass is 32.2. The third-order valence-electron chi connectivity index (χ3n) is 4.75. The largest absolute Gasteiger partial charge is 0.591 e. The summed E-state index contributed by atoms with van der Waals surface area (Å²) in [5, 5.41) is 0. The number of ether oxygens (including phenoxy) is 2. The average molecular weight is 466 g/mol. The van der Waals surface area contributed by atoms with Crippen LogP contribution < -0.4 is 4.90 Å². The minimum absolute atomic E-state index is 0.318. The lowest BCUT2D eigenvalue weighted by Crippen LogP contribution is -2.40. The zero-order chi connectivity index (χ0) is 23.8. The Morgan fingerprint density at radius 1 is 1.22 bits per heavy atom. The van der Waals surface area contributed by atoms with Crippen molar-refractivity contribution in [3.63, 3.8) is 0 Å². The van der Waals surface area contributed by atoms with Crippen molar-refractivity contribution >= 4 is 29.5 Å². The van der Waals surface area contributed by atoms with Gasteiger partial charge in [0.15, 0.2) is 0 Å². The fourth-order valence-electron chi connectivity index (χ4n) is 3.13. The highest BCUT2D eigenvalue weighted by Gasteiger charge is 2.28. The van der Waals surface area contributed by atoms with Crippen LogP contribution in [0.4, 0.5) is 10.6 Å². The summed E-state index contributed by atoms with van der Waals surface area (Å²) < 4.78 is 26.9. The minimum atomic E-state index is -1.19. The third kappa shape index (κ3) is 9.08. The van der Waals surface area contributed by atoms with E-state index in [4.69, 9.17) is 14.5 Å². The Labute approximate surface area is 196 Å². The van der Waals surface area contributed by atoms with Crippen LogP contribution in [0.1, 0.15) is 78.5 Å². The Hall–Kier alpha value is -1.64. The Kier molecular flexibility index (Phi) is 9.98. The van der Waals surface area contributed by atoms with Gasteiger partial charge in [0.2, 0.25) is 0 Å². The molecule has 1 aliphatic heterocycles. The molecule has 1 atom stereocenters. The Morgan fingerprint density at radius 3 is 2.62 bits per heavy atom. The van der Waals surface area contributed by atoms with Gasteiger partial charge in [0, 0.05) is 25.5 Å². The summed E-state index contributed by atoms with van der Waals surface area (Å²) in [5.41, 5.74) is 1.52. The smallest absolute Gasteiger partial charge is 0.416 e. The van der Waals surface area contributed by atoms with Gasteiger partial charge in [-0.3, -0.25) is 4.90 Å². The first-order chi connectivity index (χ1) is 15.0. The van der Waals surface area contributed by atoms with Gasteiger partial charge in [0.05, 0.1) is 6.21 Å². The van der Waals surface area contributed by atoms with Gasteiger partial charge < -0.3 is 14.0 Å². The summed E-state index contributed by atoms with van der Waals surface area (Å²) in [4.78, 5) is 19.0. The van der Waals surface area contributed by atoms with Crippen LogP contribution in [0, 0.1) is 0 Å². The van der Waals surface area contributed by atoms with Crippen molar-refractivity contribution in [2.24, 2.45) is 4.40 Å². The second-order valence-electron chi connectivity index (χ2n) is 10.0. The van der Waals surface area contributed by atoms with Crippen molar-refractivity contribution in [3.05, 3.63) is 23.4 Å². The van der Waals surface area contributed by atoms with Gasteiger partial charge in [-0.15, -0.1) is 0 Å². The number of carbonyl (C=O) groups excluding carboxylic acids is 1. The van der Waals surface area contributed by atoms with Crippen LogP contribution in [-0.2, 0) is 33.7 Å². The number of hydrogen-bond donors (Lipinski definition) is 0. The molecule has 1 aromatic rings. The summed E-state index contributed by atoms with van der Waals surface area (Å²) in [6.07, 6.45) is 6.51. The van der Waals surface area contributed by atoms with Crippen molar-refractivity contribution in [1.29, 1.82) is 0 Å². The molecule has 8 heteroatoms. The number of carbonyl (C=O) groups is 1. The highest BCUT2D eigenvalue weighted by Crippen LogP contribution is 2.27. The van der Waals surface area contributed by atoms with Gasteiger partial charge in [-0.1, -0.05) is 10.5 Å². The normalized spacial score (nSPS) is 15.7. The number of pyridine rings is 1. The Balaban J connectivity index is 1.74. The van der Waals surface area contributed by atoms with Crippen molar-refractivity contribution in [2.75, 3.05) is 24.7 Å². The molecule has 2 rings (SSSR count). The summed E-state index contributed by atoms with van der Waals surface area (Å²) in [6, 6.07) is 4.12. The summed E-state index contributed by atoms with van der Waals surface area (Å²) in [6.45, 7) is 13.3. The molecule has 0 radical (unpaired) electrons. The molecule has 0 saturated heterocycles. The number of aryl methyl sites for hydroxylation is 2. The molecule has 32 heavy (non-hydrogen) atoms. The topological polar surface area (TPSA) is 87.1 Å². The zero-order valence-corrected chi connectivity index (χ0v) is 21.3. The lowest BCUT2D eigenvalue weighted by molar-refractivity contribution is 0.0576. The monoisotopic (exact) mass is 465 g/mol. The minimum Gasteiger partial charge on any atom is -0.591 e. The fraction of sp³-hybridized carbons (Fsp3) is 0.708. The maximum absolute atomic E-state index is 12.6. The van der Waals surface area contributed by atoms with Gasteiger partial charge in [0.1, 0.15) is 27.5 Å². The van der Waals surface area contributed by atoms with E-state index < -0.39 is 17.0 Å². The number of unbranched alkanes of at least 4 members (excludes halogenated alkanes) is 1. The van der Waals surface area contributed by atoms with E-state index in [0.29, 0.717) is 19.8 Å². The molecule has 1 aromatic heterocycles. The van der Waals surface area contributed by atoms with Crippen LogP contribution in [-0.4, -0.2) is 52.0 Å². The molecular weight excluding hydrogens is 426 g/mol. The number of rotatable bonds is 9. The molecule has 7 nitrogen and oxygen atoms in total.